The number of nitrogens with zero attached hydrogens (tertiary/aromatic N) is 2. The van der Waals surface area contributed by atoms with Crippen molar-refractivity contribution in [3.63, 3.8) is 0 Å². The van der Waals surface area contributed by atoms with Crippen molar-refractivity contribution in [3.05, 3.63) is 41.7 Å². The third-order valence-corrected chi connectivity index (χ3v) is 2.90. The fourth-order valence-electron chi connectivity index (χ4n) is 2.04. The lowest BCUT2D eigenvalue weighted by Crippen LogP contribution is -2.05. The van der Waals surface area contributed by atoms with Crippen LogP contribution in [-0.4, -0.2) is 17.0 Å². The number of aromatic nitrogens is 2. The standard InChI is InChI=1S/C14H15F2N3/c1-8(2)11-13(18-7-19-14(11)17-3)9-5-4-6-10(15)12(9)16/h4-8H,1-3H3,(H,17,18,19). The molecule has 2 rings (SSSR count). The second-order valence-corrected chi connectivity index (χ2v) is 4.49. The van der Waals surface area contributed by atoms with E-state index < -0.39 is 11.6 Å². The Bertz CT molecular complexity index is 597. The Balaban J connectivity index is 2.72. The van der Waals surface area contributed by atoms with Gasteiger partial charge >= 0.3 is 0 Å². The molecule has 100 valence electrons. The number of halogens is 2. The molecule has 5 heteroatoms. The molecule has 0 radical (unpaired) electrons. The summed E-state index contributed by atoms with van der Waals surface area (Å²) in [6, 6.07) is 4.08. The van der Waals surface area contributed by atoms with Crippen LogP contribution in [0.3, 0.4) is 0 Å². The van der Waals surface area contributed by atoms with Gasteiger partial charge in [-0.05, 0) is 18.1 Å². The lowest BCUT2D eigenvalue weighted by Gasteiger charge is -2.16. The average molecular weight is 263 g/mol. The smallest absolute Gasteiger partial charge is 0.168 e. The van der Waals surface area contributed by atoms with E-state index in [1.165, 1.54) is 18.5 Å². The Morgan fingerprint density at radius 3 is 2.53 bits per heavy atom. The van der Waals surface area contributed by atoms with Crippen LogP contribution in [0.1, 0.15) is 25.3 Å². The summed E-state index contributed by atoms with van der Waals surface area (Å²) in [6.07, 6.45) is 1.34. The summed E-state index contributed by atoms with van der Waals surface area (Å²) in [5.41, 5.74) is 1.35. The van der Waals surface area contributed by atoms with E-state index in [1.54, 1.807) is 7.05 Å². The van der Waals surface area contributed by atoms with Crippen LogP contribution in [0.2, 0.25) is 0 Å². The fraction of sp³-hybridized carbons (Fsp3) is 0.286. The highest BCUT2D eigenvalue weighted by molar-refractivity contribution is 5.69. The Labute approximate surface area is 110 Å². The Kier molecular flexibility index (Phi) is 3.74. The highest BCUT2D eigenvalue weighted by Gasteiger charge is 2.19. The zero-order valence-corrected chi connectivity index (χ0v) is 11.0. The maximum Gasteiger partial charge on any atom is 0.168 e. The van der Waals surface area contributed by atoms with E-state index in [9.17, 15) is 8.78 Å². The van der Waals surface area contributed by atoms with Gasteiger partial charge in [0.1, 0.15) is 12.1 Å². The van der Waals surface area contributed by atoms with Crippen molar-refractivity contribution >= 4 is 5.82 Å². The summed E-state index contributed by atoms with van der Waals surface area (Å²) in [4.78, 5) is 8.24. The molecule has 0 bridgehead atoms. The van der Waals surface area contributed by atoms with Crippen LogP contribution in [0.15, 0.2) is 24.5 Å². The molecule has 2 aromatic rings. The maximum atomic E-state index is 13.9. The maximum absolute atomic E-state index is 13.9. The molecule has 0 aliphatic heterocycles. The molecule has 1 aromatic carbocycles. The van der Waals surface area contributed by atoms with Crippen molar-refractivity contribution < 1.29 is 8.78 Å². The SMILES string of the molecule is CNc1ncnc(-c2cccc(F)c2F)c1C(C)C. The van der Waals surface area contributed by atoms with Gasteiger partial charge < -0.3 is 5.32 Å². The van der Waals surface area contributed by atoms with E-state index >= 15 is 0 Å². The van der Waals surface area contributed by atoms with Crippen LogP contribution in [0.5, 0.6) is 0 Å². The van der Waals surface area contributed by atoms with Crippen molar-refractivity contribution in [2.24, 2.45) is 0 Å². The summed E-state index contributed by atoms with van der Waals surface area (Å²) in [5.74, 6) is -1.05. The van der Waals surface area contributed by atoms with E-state index in [0.29, 0.717) is 11.5 Å². The molecular weight excluding hydrogens is 248 g/mol. The van der Waals surface area contributed by atoms with Crippen molar-refractivity contribution in [2.45, 2.75) is 19.8 Å². The number of hydrogen-bond acceptors (Lipinski definition) is 3. The summed E-state index contributed by atoms with van der Waals surface area (Å²) in [6.45, 7) is 3.92. The quantitative estimate of drug-likeness (QED) is 0.919. The number of nitrogens with one attached hydrogen (secondary N) is 1. The summed E-state index contributed by atoms with van der Waals surface area (Å²) >= 11 is 0. The molecule has 19 heavy (non-hydrogen) atoms. The molecule has 0 saturated carbocycles. The van der Waals surface area contributed by atoms with Crippen molar-refractivity contribution in [3.8, 4) is 11.3 Å². The minimum absolute atomic E-state index is 0.0846. The van der Waals surface area contributed by atoms with Gasteiger partial charge in [-0.2, -0.15) is 0 Å². The van der Waals surface area contributed by atoms with Crippen LogP contribution >= 0.6 is 0 Å². The number of hydrogen-bond donors (Lipinski definition) is 1. The van der Waals surface area contributed by atoms with Gasteiger partial charge in [0.25, 0.3) is 0 Å². The topological polar surface area (TPSA) is 37.8 Å². The number of benzene rings is 1. The van der Waals surface area contributed by atoms with Gasteiger partial charge in [-0.15, -0.1) is 0 Å². The first kappa shape index (κ1) is 13.4. The van der Waals surface area contributed by atoms with Gasteiger partial charge in [-0.1, -0.05) is 19.9 Å². The van der Waals surface area contributed by atoms with Gasteiger partial charge in [0.05, 0.1) is 5.69 Å². The molecule has 0 saturated heterocycles. The van der Waals surface area contributed by atoms with Crippen LogP contribution in [0.4, 0.5) is 14.6 Å². The first-order valence-electron chi connectivity index (χ1n) is 6.03. The first-order valence-corrected chi connectivity index (χ1v) is 6.03. The predicted molar refractivity (Wildman–Crippen MR) is 71.0 cm³/mol. The molecule has 1 aromatic heterocycles. The van der Waals surface area contributed by atoms with Gasteiger partial charge in [-0.25, -0.2) is 18.7 Å². The van der Waals surface area contributed by atoms with E-state index in [0.717, 1.165) is 11.6 Å². The van der Waals surface area contributed by atoms with E-state index in [-0.39, 0.29) is 11.5 Å². The highest BCUT2D eigenvalue weighted by atomic mass is 19.2. The average Bonchev–Trinajstić information content (AvgIpc) is 2.40. The second kappa shape index (κ2) is 5.30. The molecule has 0 amide bonds. The van der Waals surface area contributed by atoms with Crippen LogP contribution < -0.4 is 5.32 Å². The molecule has 0 aliphatic rings. The Hall–Kier alpha value is -2.04. The number of rotatable bonds is 3. The molecule has 0 fully saturated rings. The van der Waals surface area contributed by atoms with Crippen LogP contribution in [-0.2, 0) is 0 Å². The summed E-state index contributed by atoms with van der Waals surface area (Å²) < 4.78 is 27.3. The molecular formula is C14H15F2N3. The zero-order valence-electron chi connectivity index (χ0n) is 11.0. The fourth-order valence-corrected chi connectivity index (χ4v) is 2.04. The van der Waals surface area contributed by atoms with Crippen molar-refractivity contribution in [2.75, 3.05) is 12.4 Å². The van der Waals surface area contributed by atoms with Crippen molar-refractivity contribution in [1.82, 2.24) is 9.97 Å². The minimum Gasteiger partial charge on any atom is -0.373 e. The first-order chi connectivity index (χ1) is 9.06. The van der Waals surface area contributed by atoms with Gasteiger partial charge in [0, 0.05) is 18.2 Å². The lowest BCUT2D eigenvalue weighted by atomic mass is 9.97. The Morgan fingerprint density at radius 2 is 1.89 bits per heavy atom. The molecule has 0 unspecified atom stereocenters. The van der Waals surface area contributed by atoms with Crippen molar-refractivity contribution in [1.29, 1.82) is 0 Å². The summed E-state index contributed by atoms with van der Waals surface area (Å²) in [7, 11) is 1.74. The van der Waals surface area contributed by atoms with E-state index in [2.05, 4.69) is 15.3 Å². The zero-order chi connectivity index (χ0) is 14.0. The van der Waals surface area contributed by atoms with E-state index in [1.807, 2.05) is 13.8 Å². The van der Waals surface area contributed by atoms with Gasteiger partial charge in [0.15, 0.2) is 11.6 Å². The number of anilines is 1. The normalized spacial score (nSPS) is 10.8. The molecule has 0 aliphatic carbocycles. The third-order valence-electron chi connectivity index (χ3n) is 2.90. The molecule has 0 spiro atoms. The Morgan fingerprint density at radius 1 is 1.16 bits per heavy atom. The predicted octanol–water partition coefficient (Wildman–Crippen LogP) is 3.59. The second-order valence-electron chi connectivity index (χ2n) is 4.49. The van der Waals surface area contributed by atoms with Crippen LogP contribution in [0.25, 0.3) is 11.3 Å². The van der Waals surface area contributed by atoms with Crippen LogP contribution in [0, 0.1) is 11.6 Å². The van der Waals surface area contributed by atoms with Gasteiger partial charge in [-0.3, -0.25) is 0 Å². The molecule has 0 atom stereocenters. The molecule has 1 N–H and O–H groups in total. The summed E-state index contributed by atoms with van der Waals surface area (Å²) in [5, 5.41) is 2.95. The highest BCUT2D eigenvalue weighted by Crippen LogP contribution is 2.33. The molecule has 1 heterocycles. The largest absolute Gasteiger partial charge is 0.373 e. The lowest BCUT2D eigenvalue weighted by molar-refractivity contribution is 0.510. The third kappa shape index (κ3) is 2.41. The van der Waals surface area contributed by atoms with Gasteiger partial charge in [0.2, 0.25) is 0 Å². The monoisotopic (exact) mass is 263 g/mol. The minimum atomic E-state index is -0.884. The molecule has 3 nitrogen and oxygen atoms in total. The van der Waals surface area contributed by atoms with E-state index in [4.69, 9.17) is 0 Å².